The third kappa shape index (κ3) is 6.91. The van der Waals surface area contributed by atoms with Gasteiger partial charge in [0.15, 0.2) is 6.61 Å². The quantitative estimate of drug-likeness (QED) is 0.468. The molecule has 9 nitrogen and oxygen atoms in total. The van der Waals surface area contributed by atoms with E-state index in [4.69, 9.17) is 15.2 Å². The van der Waals surface area contributed by atoms with Crippen LogP contribution in [0.4, 0.5) is 0 Å². The third-order valence-corrected chi connectivity index (χ3v) is 4.84. The molecule has 30 heavy (non-hydrogen) atoms. The number of amides is 3. The van der Waals surface area contributed by atoms with E-state index in [1.54, 1.807) is 37.5 Å². The van der Waals surface area contributed by atoms with Gasteiger partial charge in [-0.1, -0.05) is 12.1 Å². The average molecular weight is 417 g/mol. The van der Waals surface area contributed by atoms with Crippen LogP contribution in [0.1, 0.15) is 25.3 Å². The molecule has 0 unspecified atom stereocenters. The van der Waals surface area contributed by atoms with Crippen molar-refractivity contribution in [3.05, 3.63) is 35.9 Å². The molecule has 162 valence electrons. The molecule has 1 heterocycles. The van der Waals surface area contributed by atoms with Crippen molar-refractivity contribution in [3.63, 3.8) is 0 Å². The fourth-order valence-corrected chi connectivity index (χ4v) is 2.97. The number of ether oxygens (including phenoxy) is 2. The molecule has 0 aliphatic carbocycles. The number of nitrogens with two attached hydrogens (primary N) is 1. The van der Waals surface area contributed by atoms with Crippen molar-refractivity contribution >= 4 is 29.8 Å². The van der Waals surface area contributed by atoms with E-state index < -0.39 is 24.5 Å². The number of esters is 1. The van der Waals surface area contributed by atoms with Gasteiger partial charge in [-0.25, -0.2) is 4.79 Å². The Morgan fingerprint density at radius 3 is 2.40 bits per heavy atom. The summed E-state index contributed by atoms with van der Waals surface area (Å²) in [6.07, 6.45) is 3.91. The van der Waals surface area contributed by atoms with Crippen LogP contribution in [0.25, 0.3) is 6.08 Å². The summed E-state index contributed by atoms with van der Waals surface area (Å²) in [7, 11) is 1.57. The molecule has 0 spiro atoms. The van der Waals surface area contributed by atoms with E-state index in [2.05, 4.69) is 5.32 Å². The summed E-state index contributed by atoms with van der Waals surface area (Å²) in [5.74, 6) is -1.39. The molecule has 3 amide bonds. The summed E-state index contributed by atoms with van der Waals surface area (Å²) in [5.41, 5.74) is 6.07. The molecule has 0 aromatic heterocycles. The van der Waals surface area contributed by atoms with Gasteiger partial charge in [0.1, 0.15) is 11.8 Å². The summed E-state index contributed by atoms with van der Waals surface area (Å²) in [5, 5.41) is 2.49. The first-order valence-electron chi connectivity index (χ1n) is 9.66. The first-order valence-corrected chi connectivity index (χ1v) is 9.66. The second-order valence-corrected chi connectivity index (χ2v) is 7.00. The van der Waals surface area contributed by atoms with Gasteiger partial charge in [-0.05, 0) is 43.5 Å². The van der Waals surface area contributed by atoms with Gasteiger partial charge in [0.05, 0.1) is 7.11 Å². The maximum Gasteiger partial charge on any atom is 0.328 e. The van der Waals surface area contributed by atoms with Crippen LogP contribution in [0, 0.1) is 5.92 Å². The van der Waals surface area contributed by atoms with E-state index in [9.17, 15) is 19.2 Å². The Kier molecular flexibility index (Phi) is 8.40. The Morgan fingerprint density at radius 2 is 1.83 bits per heavy atom. The second-order valence-electron chi connectivity index (χ2n) is 7.00. The minimum absolute atomic E-state index is 0.224. The SMILES string of the molecule is COc1ccc(C=CC(=O)N[C@@H](C)C(=O)OCC(=O)N2CCC(C(N)=O)CC2)cc1. The van der Waals surface area contributed by atoms with Crippen molar-refractivity contribution in [3.8, 4) is 5.75 Å². The predicted molar refractivity (Wildman–Crippen MR) is 109 cm³/mol. The summed E-state index contributed by atoms with van der Waals surface area (Å²) >= 11 is 0. The number of primary amides is 1. The Balaban J connectivity index is 1.73. The van der Waals surface area contributed by atoms with Gasteiger partial charge < -0.3 is 25.4 Å². The molecule has 0 radical (unpaired) electrons. The van der Waals surface area contributed by atoms with E-state index in [0.717, 1.165) is 5.56 Å². The summed E-state index contributed by atoms with van der Waals surface area (Å²) < 4.78 is 10.1. The number of likely N-dealkylation sites (tertiary alicyclic amines) is 1. The molecule has 0 saturated carbocycles. The largest absolute Gasteiger partial charge is 0.497 e. The van der Waals surface area contributed by atoms with E-state index in [1.165, 1.54) is 17.9 Å². The van der Waals surface area contributed by atoms with Crippen LogP contribution in [0.2, 0.25) is 0 Å². The minimum atomic E-state index is -0.911. The summed E-state index contributed by atoms with van der Waals surface area (Å²) in [6, 6.07) is 6.21. The predicted octanol–water partition coefficient (Wildman–Crippen LogP) is 0.480. The normalized spacial score (nSPS) is 15.5. The number of nitrogens with one attached hydrogen (secondary N) is 1. The zero-order valence-corrected chi connectivity index (χ0v) is 17.1. The van der Waals surface area contributed by atoms with Crippen LogP contribution in [0.3, 0.4) is 0 Å². The lowest BCUT2D eigenvalue weighted by Crippen LogP contribution is -2.44. The van der Waals surface area contributed by atoms with Crippen molar-refractivity contribution < 1.29 is 28.7 Å². The van der Waals surface area contributed by atoms with Gasteiger partial charge in [0.25, 0.3) is 5.91 Å². The van der Waals surface area contributed by atoms with E-state index >= 15 is 0 Å². The van der Waals surface area contributed by atoms with E-state index in [0.29, 0.717) is 31.7 Å². The molecule has 1 aliphatic heterocycles. The van der Waals surface area contributed by atoms with Gasteiger partial charge in [-0.15, -0.1) is 0 Å². The number of hydrogen-bond acceptors (Lipinski definition) is 6. The topological polar surface area (TPSA) is 128 Å². The van der Waals surface area contributed by atoms with Crippen LogP contribution in [0.15, 0.2) is 30.3 Å². The van der Waals surface area contributed by atoms with Crippen molar-refractivity contribution in [1.29, 1.82) is 0 Å². The van der Waals surface area contributed by atoms with E-state index in [1.807, 2.05) is 0 Å². The average Bonchev–Trinajstić information content (AvgIpc) is 2.76. The maximum atomic E-state index is 12.2. The molecular weight excluding hydrogens is 390 g/mol. The van der Waals surface area contributed by atoms with Crippen molar-refractivity contribution in [1.82, 2.24) is 10.2 Å². The van der Waals surface area contributed by atoms with Crippen molar-refractivity contribution in [2.24, 2.45) is 11.7 Å². The Hall–Kier alpha value is -3.36. The fraction of sp³-hybridized carbons (Fsp3) is 0.429. The van der Waals surface area contributed by atoms with Crippen LogP contribution in [-0.4, -0.2) is 61.4 Å². The summed E-state index contributed by atoms with van der Waals surface area (Å²) in [4.78, 5) is 48.9. The molecule has 1 aliphatic rings. The minimum Gasteiger partial charge on any atom is -0.497 e. The van der Waals surface area contributed by atoms with E-state index in [-0.39, 0.29) is 17.7 Å². The number of nitrogens with zero attached hydrogens (tertiary/aromatic N) is 1. The summed E-state index contributed by atoms with van der Waals surface area (Å²) in [6.45, 7) is 1.85. The smallest absolute Gasteiger partial charge is 0.328 e. The monoisotopic (exact) mass is 417 g/mol. The van der Waals surface area contributed by atoms with Crippen LogP contribution in [-0.2, 0) is 23.9 Å². The Morgan fingerprint density at radius 1 is 1.20 bits per heavy atom. The third-order valence-electron chi connectivity index (χ3n) is 4.84. The van der Waals surface area contributed by atoms with Crippen LogP contribution >= 0.6 is 0 Å². The number of piperidine rings is 1. The first-order chi connectivity index (χ1) is 14.3. The van der Waals surface area contributed by atoms with Crippen LogP contribution < -0.4 is 15.8 Å². The maximum absolute atomic E-state index is 12.2. The van der Waals surface area contributed by atoms with Gasteiger partial charge in [0, 0.05) is 25.1 Å². The lowest BCUT2D eigenvalue weighted by molar-refractivity contribution is -0.154. The Bertz CT molecular complexity index is 797. The fourth-order valence-electron chi connectivity index (χ4n) is 2.97. The van der Waals surface area contributed by atoms with Gasteiger partial charge in [-0.2, -0.15) is 0 Å². The number of carbonyl (C=O) groups is 4. The zero-order valence-electron chi connectivity index (χ0n) is 17.1. The highest BCUT2D eigenvalue weighted by Crippen LogP contribution is 2.16. The molecule has 1 atom stereocenters. The highest BCUT2D eigenvalue weighted by molar-refractivity contribution is 5.94. The zero-order chi connectivity index (χ0) is 22.1. The van der Waals surface area contributed by atoms with Crippen LogP contribution in [0.5, 0.6) is 5.75 Å². The molecule has 1 aromatic carbocycles. The number of hydrogen-bond donors (Lipinski definition) is 2. The lowest BCUT2D eigenvalue weighted by Gasteiger charge is -2.30. The number of benzene rings is 1. The molecule has 1 saturated heterocycles. The molecule has 1 fully saturated rings. The molecule has 0 bridgehead atoms. The number of methoxy groups -OCH3 is 1. The molecule has 1 aromatic rings. The van der Waals surface area contributed by atoms with Crippen molar-refractivity contribution in [2.45, 2.75) is 25.8 Å². The first kappa shape index (κ1) is 22.9. The molecular formula is C21H27N3O6. The Labute approximate surface area is 175 Å². The van der Waals surface area contributed by atoms with Gasteiger partial charge in [0.2, 0.25) is 11.8 Å². The number of rotatable bonds is 8. The standard InChI is InChI=1S/C21H27N3O6/c1-14(23-18(25)8-5-15-3-6-17(29-2)7-4-15)21(28)30-13-19(26)24-11-9-16(10-12-24)20(22)27/h3-8,14,16H,9-13H2,1-2H3,(H2,22,27)(H,23,25)/t14-/m0/s1. The second kappa shape index (κ2) is 11.0. The van der Waals surface area contributed by atoms with Gasteiger partial charge >= 0.3 is 5.97 Å². The van der Waals surface area contributed by atoms with Gasteiger partial charge in [-0.3, -0.25) is 14.4 Å². The highest BCUT2D eigenvalue weighted by atomic mass is 16.5. The van der Waals surface area contributed by atoms with Crippen molar-refractivity contribution in [2.75, 3.05) is 26.8 Å². The molecule has 9 heteroatoms. The highest BCUT2D eigenvalue weighted by Gasteiger charge is 2.26. The number of carbonyl (C=O) groups excluding carboxylic acids is 4. The molecule has 2 rings (SSSR count). The molecule has 3 N–H and O–H groups in total. The lowest BCUT2D eigenvalue weighted by atomic mass is 9.96.